The van der Waals surface area contributed by atoms with Crippen LogP contribution in [0.1, 0.15) is 31.7 Å². The number of carbonyl (C=O) groups excluding carboxylic acids is 2. The molecular formula is C21H26FN3O4S. The summed E-state index contributed by atoms with van der Waals surface area (Å²) < 4.78 is 41.4. The molecule has 0 spiro atoms. The van der Waals surface area contributed by atoms with Crippen LogP contribution in [0.5, 0.6) is 0 Å². The summed E-state index contributed by atoms with van der Waals surface area (Å²) in [5.74, 6) is -1.23. The molecule has 0 saturated heterocycles. The Kier molecular flexibility index (Phi) is 8.49. The van der Waals surface area contributed by atoms with E-state index in [1.807, 2.05) is 4.72 Å². The lowest BCUT2D eigenvalue weighted by Crippen LogP contribution is -2.28. The van der Waals surface area contributed by atoms with Gasteiger partial charge in [0.1, 0.15) is 5.82 Å². The summed E-state index contributed by atoms with van der Waals surface area (Å²) in [4.78, 5) is 22.7. The third kappa shape index (κ3) is 6.64. The molecule has 2 amide bonds. The predicted molar refractivity (Wildman–Crippen MR) is 112 cm³/mol. The number of hydrogen-bond donors (Lipinski definition) is 3. The van der Waals surface area contributed by atoms with Gasteiger partial charge in [-0.05, 0) is 42.5 Å². The number of sulfonamides is 1. The third-order valence-electron chi connectivity index (χ3n) is 4.39. The number of nitrogens with one attached hydrogen (secondary N) is 2. The van der Waals surface area contributed by atoms with Gasteiger partial charge < -0.3 is 11.1 Å². The first-order chi connectivity index (χ1) is 14.2. The van der Waals surface area contributed by atoms with Gasteiger partial charge in [-0.1, -0.05) is 30.3 Å². The molecule has 0 heterocycles. The molecule has 7 nitrogen and oxygen atoms in total. The van der Waals surface area contributed by atoms with Crippen molar-refractivity contribution in [2.45, 2.75) is 37.5 Å². The topological polar surface area (TPSA) is 118 Å². The average molecular weight is 436 g/mol. The maximum atomic E-state index is 14.6. The molecule has 0 aliphatic heterocycles. The number of halogens is 1. The number of unbranched alkanes of at least 4 members (excludes halogenated alkanes) is 1. The lowest BCUT2D eigenvalue weighted by molar-refractivity contribution is -0.121. The van der Waals surface area contributed by atoms with Crippen molar-refractivity contribution in [1.29, 1.82) is 0 Å². The zero-order valence-electron chi connectivity index (χ0n) is 16.8. The Morgan fingerprint density at radius 1 is 1.10 bits per heavy atom. The predicted octanol–water partition coefficient (Wildman–Crippen LogP) is 2.11. The van der Waals surface area contributed by atoms with Gasteiger partial charge >= 0.3 is 0 Å². The number of nitrogens with two attached hydrogens (primary N) is 1. The first-order valence-corrected chi connectivity index (χ1v) is 11.1. The molecule has 0 aliphatic rings. The molecular weight excluding hydrogens is 409 g/mol. The summed E-state index contributed by atoms with van der Waals surface area (Å²) in [6.45, 7) is 1.93. The quantitative estimate of drug-likeness (QED) is 0.494. The highest BCUT2D eigenvalue weighted by molar-refractivity contribution is 7.90. The van der Waals surface area contributed by atoms with Crippen molar-refractivity contribution in [3.05, 3.63) is 53.8 Å². The van der Waals surface area contributed by atoms with Gasteiger partial charge in [-0.2, -0.15) is 0 Å². The minimum atomic E-state index is -4.06. The van der Waals surface area contributed by atoms with Crippen molar-refractivity contribution < 1.29 is 22.4 Å². The number of carbonyl (C=O) groups is 2. The van der Waals surface area contributed by atoms with Crippen molar-refractivity contribution in [3.63, 3.8) is 0 Å². The average Bonchev–Trinajstić information content (AvgIpc) is 2.69. The molecule has 30 heavy (non-hydrogen) atoms. The van der Waals surface area contributed by atoms with E-state index in [1.54, 1.807) is 24.3 Å². The van der Waals surface area contributed by atoms with Gasteiger partial charge in [0.25, 0.3) is 10.0 Å². The Balaban J connectivity index is 2.11. The van der Waals surface area contributed by atoms with Crippen LogP contribution in [-0.2, 0) is 26.0 Å². The maximum Gasteiger partial charge on any atom is 0.264 e. The molecule has 2 aromatic rings. The monoisotopic (exact) mass is 435 g/mol. The molecule has 0 fully saturated rings. The second-order valence-electron chi connectivity index (χ2n) is 6.81. The second-order valence-corrected chi connectivity index (χ2v) is 8.46. The van der Waals surface area contributed by atoms with Gasteiger partial charge in [0, 0.05) is 32.0 Å². The minimum Gasteiger partial charge on any atom is -0.355 e. The number of amides is 2. The zero-order chi connectivity index (χ0) is 22.1. The Morgan fingerprint density at radius 3 is 2.50 bits per heavy atom. The SMILES string of the molecule is CC(=O)NS(=O)(=O)c1ccccc1-c1ccc(CCCCC(=O)NCCN)c(F)c1. The Bertz CT molecular complexity index is 1010. The first kappa shape index (κ1) is 23.5. The van der Waals surface area contributed by atoms with E-state index in [4.69, 9.17) is 5.73 Å². The van der Waals surface area contributed by atoms with E-state index in [0.717, 1.165) is 6.92 Å². The van der Waals surface area contributed by atoms with Crippen LogP contribution in [0.4, 0.5) is 4.39 Å². The highest BCUT2D eigenvalue weighted by atomic mass is 32.2. The van der Waals surface area contributed by atoms with Gasteiger partial charge in [-0.25, -0.2) is 17.5 Å². The Hall–Kier alpha value is -2.78. The summed E-state index contributed by atoms with van der Waals surface area (Å²) >= 11 is 0. The number of aryl methyl sites for hydroxylation is 1. The Labute approximate surface area is 175 Å². The molecule has 2 rings (SSSR count). The largest absolute Gasteiger partial charge is 0.355 e. The standard InChI is InChI=1S/C21H26FN3O4S/c1-15(26)25-30(28,29)20-8-4-3-7-18(20)17-11-10-16(19(22)14-17)6-2-5-9-21(27)24-13-12-23/h3-4,7-8,10-11,14H,2,5-6,9,12-13,23H2,1H3,(H,24,27)(H,25,26). The lowest BCUT2D eigenvalue weighted by atomic mass is 10.0. The van der Waals surface area contributed by atoms with Gasteiger partial charge in [0.2, 0.25) is 11.8 Å². The van der Waals surface area contributed by atoms with Crippen LogP contribution < -0.4 is 15.8 Å². The van der Waals surface area contributed by atoms with E-state index in [9.17, 15) is 22.4 Å². The van der Waals surface area contributed by atoms with Crippen LogP contribution in [-0.4, -0.2) is 33.3 Å². The normalized spacial score (nSPS) is 11.2. The molecule has 0 radical (unpaired) electrons. The van der Waals surface area contributed by atoms with E-state index in [0.29, 0.717) is 55.5 Å². The highest BCUT2D eigenvalue weighted by Gasteiger charge is 2.20. The molecule has 0 saturated carbocycles. The van der Waals surface area contributed by atoms with E-state index < -0.39 is 21.7 Å². The Morgan fingerprint density at radius 2 is 1.83 bits per heavy atom. The molecule has 0 aromatic heterocycles. The minimum absolute atomic E-state index is 0.0757. The maximum absolute atomic E-state index is 14.6. The summed E-state index contributed by atoms with van der Waals surface area (Å²) in [5, 5.41) is 2.68. The molecule has 0 bridgehead atoms. The fourth-order valence-corrected chi connectivity index (χ4v) is 4.22. The van der Waals surface area contributed by atoms with Crippen LogP contribution in [0.3, 0.4) is 0 Å². The molecule has 4 N–H and O–H groups in total. The molecule has 2 aromatic carbocycles. The van der Waals surface area contributed by atoms with Crippen LogP contribution in [0.2, 0.25) is 0 Å². The fourth-order valence-electron chi connectivity index (χ4n) is 3.00. The van der Waals surface area contributed by atoms with Crippen LogP contribution in [0.15, 0.2) is 47.4 Å². The fraction of sp³-hybridized carbons (Fsp3) is 0.333. The molecule has 9 heteroatoms. The van der Waals surface area contributed by atoms with E-state index in [-0.39, 0.29) is 10.8 Å². The lowest BCUT2D eigenvalue weighted by Gasteiger charge is -2.12. The smallest absolute Gasteiger partial charge is 0.264 e. The van der Waals surface area contributed by atoms with E-state index in [1.165, 1.54) is 18.2 Å². The van der Waals surface area contributed by atoms with Crippen LogP contribution in [0.25, 0.3) is 11.1 Å². The summed E-state index contributed by atoms with van der Waals surface area (Å²) in [7, 11) is -4.06. The highest BCUT2D eigenvalue weighted by Crippen LogP contribution is 2.29. The van der Waals surface area contributed by atoms with Crippen molar-refractivity contribution in [2.75, 3.05) is 13.1 Å². The second kappa shape index (κ2) is 10.8. The van der Waals surface area contributed by atoms with Crippen molar-refractivity contribution >= 4 is 21.8 Å². The van der Waals surface area contributed by atoms with Gasteiger partial charge in [0.05, 0.1) is 4.90 Å². The molecule has 0 unspecified atom stereocenters. The van der Waals surface area contributed by atoms with Gasteiger partial charge in [0.15, 0.2) is 0 Å². The molecule has 0 atom stereocenters. The van der Waals surface area contributed by atoms with Crippen molar-refractivity contribution in [1.82, 2.24) is 10.0 Å². The molecule has 162 valence electrons. The van der Waals surface area contributed by atoms with Crippen LogP contribution >= 0.6 is 0 Å². The number of benzene rings is 2. The van der Waals surface area contributed by atoms with E-state index >= 15 is 0 Å². The first-order valence-electron chi connectivity index (χ1n) is 9.62. The molecule has 0 aliphatic carbocycles. The van der Waals surface area contributed by atoms with E-state index in [2.05, 4.69) is 5.32 Å². The van der Waals surface area contributed by atoms with Gasteiger partial charge in [-0.15, -0.1) is 0 Å². The van der Waals surface area contributed by atoms with Gasteiger partial charge in [-0.3, -0.25) is 9.59 Å². The van der Waals surface area contributed by atoms with Crippen molar-refractivity contribution in [3.8, 4) is 11.1 Å². The number of rotatable bonds is 10. The zero-order valence-corrected chi connectivity index (χ0v) is 17.6. The summed E-state index contributed by atoms with van der Waals surface area (Å²) in [6.07, 6.45) is 2.07. The number of hydrogen-bond acceptors (Lipinski definition) is 5. The van der Waals surface area contributed by atoms with Crippen LogP contribution in [0, 0.1) is 5.82 Å². The summed E-state index contributed by atoms with van der Waals surface area (Å²) in [5.41, 5.74) is 6.50. The third-order valence-corrected chi connectivity index (χ3v) is 5.88. The van der Waals surface area contributed by atoms with Crippen molar-refractivity contribution in [2.24, 2.45) is 5.73 Å². The summed E-state index contributed by atoms with van der Waals surface area (Å²) in [6, 6.07) is 10.6.